The van der Waals surface area contributed by atoms with Crippen molar-refractivity contribution >= 4 is 17.5 Å². The van der Waals surface area contributed by atoms with Crippen LogP contribution in [-0.2, 0) is 4.74 Å². The maximum Gasteiger partial charge on any atom is 0.341 e. The van der Waals surface area contributed by atoms with Crippen LogP contribution in [0.4, 0.5) is 11.5 Å². The fraction of sp³-hybridized carbons (Fsp3) is 0.200. The highest BCUT2D eigenvalue weighted by atomic mass is 16.5. The van der Waals surface area contributed by atoms with Gasteiger partial charge in [-0.3, -0.25) is 0 Å². The number of esters is 1. The average Bonchev–Trinajstić information content (AvgIpc) is 2.51. The van der Waals surface area contributed by atoms with Gasteiger partial charge in [-0.15, -0.1) is 0 Å². The van der Waals surface area contributed by atoms with Gasteiger partial charge < -0.3 is 20.5 Å². The number of rotatable bonds is 6. The molecule has 0 aliphatic carbocycles. The maximum atomic E-state index is 11.6. The lowest BCUT2D eigenvalue weighted by Gasteiger charge is -2.10. The lowest BCUT2D eigenvalue weighted by Crippen LogP contribution is -2.15. The van der Waals surface area contributed by atoms with Gasteiger partial charge in [-0.1, -0.05) is 6.07 Å². The molecule has 0 saturated heterocycles. The Morgan fingerprint density at radius 2 is 2.19 bits per heavy atom. The molecular formula is C15H17N3O3. The summed E-state index contributed by atoms with van der Waals surface area (Å²) in [5, 5.41) is 3.05. The molecule has 0 saturated carbocycles. The van der Waals surface area contributed by atoms with Gasteiger partial charge in [0.1, 0.15) is 23.7 Å². The topological polar surface area (TPSA) is 86.5 Å². The van der Waals surface area contributed by atoms with E-state index in [1.165, 1.54) is 7.11 Å². The molecule has 1 aromatic heterocycles. The van der Waals surface area contributed by atoms with E-state index < -0.39 is 5.97 Å². The molecule has 2 rings (SSSR count). The summed E-state index contributed by atoms with van der Waals surface area (Å²) in [7, 11) is 1.34. The molecule has 0 bridgehead atoms. The number of pyridine rings is 1. The van der Waals surface area contributed by atoms with Crippen molar-refractivity contribution in [2.24, 2.45) is 0 Å². The lowest BCUT2D eigenvalue weighted by molar-refractivity contribution is 0.0601. The van der Waals surface area contributed by atoms with Crippen LogP contribution in [-0.4, -0.2) is 31.2 Å². The molecule has 0 aliphatic rings. The van der Waals surface area contributed by atoms with Crippen molar-refractivity contribution in [2.45, 2.75) is 0 Å². The number of hydrogen-bond donors (Lipinski definition) is 2. The van der Waals surface area contributed by atoms with Crippen molar-refractivity contribution in [3.63, 3.8) is 0 Å². The third kappa shape index (κ3) is 4.10. The Labute approximate surface area is 122 Å². The van der Waals surface area contributed by atoms with Gasteiger partial charge in [0.2, 0.25) is 0 Å². The van der Waals surface area contributed by atoms with Crippen LogP contribution in [0.15, 0.2) is 42.6 Å². The van der Waals surface area contributed by atoms with Crippen molar-refractivity contribution in [2.75, 3.05) is 31.3 Å². The number of ether oxygens (including phenoxy) is 2. The molecule has 110 valence electrons. The fourth-order valence-electron chi connectivity index (χ4n) is 1.76. The van der Waals surface area contributed by atoms with Gasteiger partial charge in [-0.2, -0.15) is 0 Å². The number of anilines is 2. The molecule has 1 heterocycles. The van der Waals surface area contributed by atoms with Gasteiger partial charge in [-0.05, 0) is 24.3 Å². The third-order valence-corrected chi connectivity index (χ3v) is 2.73. The van der Waals surface area contributed by atoms with E-state index in [1.807, 2.05) is 12.1 Å². The summed E-state index contributed by atoms with van der Waals surface area (Å²) in [5.41, 5.74) is 6.71. The minimum Gasteiger partial charge on any atom is -0.492 e. The average molecular weight is 287 g/mol. The van der Waals surface area contributed by atoms with Crippen LogP contribution in [0.1, 0.15) is 10.4 Å². The predicted octanol–water partition coefficient (Wildman–Crippen LogP) is 1.94. The summed E-state index contributed by atoms with van der Waals surface area (Å²) in [5.74, 6) is 0.744. The monoisotopic (exact) mass is 287 g/mol. The molecule has 0 amide bonds. The Kier molecular flexibility index (Phi) is 4.98. The summed E-state index contributed by atoms with van der Waals surface area (Å²) < 4.78 is 10.3. The second kappa shape index (κ2) is 7.14. The van der Waals surface area contributed by atoms with Crippen molar-refractivity contribution in [1.29, 1.82) is 0 Å². The lowest BCUT2D eigenvalue weighted by atomic mass is 10.2. The predicted molar refractivity (Wildman–Crippen MR) is 80.4 cm³/mol. The maximum absolute atomic E-state index is 11.6. The van der Waals surface area contributed by atoms with Gasteiger partial charge in [0, 0.05) is 18.0 Å². The van der Waals surface area contributed by atoms with E-state index >= 15 is 0 Å². The van der Waals surface area contributed by atoms with Gasteiger partial charge in [0.05, 0.1) is 13.7 Å². The van der Waals surface area contributed by atoms with Gasteiger partial charge in [0.15, 0.2) is 0 Å². The summed E-state index contributed by atoms with van der Waals surface area (Å²) in [6.45, 7) is 0.913. The molecule has 0 aliphatic heterocycles. The van der Waals surface area contributed by atoms with Crippen LogP contribution in [0.25, 0.3) is 0 Å². The van der Waals surface area contributed by atoms with Crippen molar-refractivity contribution < 1.29 is 14.3 Å². The first-order valence-electron chi connectivity index (χ1n) is 6.46. The molecule has 2 aromatic rings. The number of nitrogens with two attached hydrogens (primary N) is 1. The van der Waals surface area contributed by atoms with E-state index in [9.17, 15) is 4.79 Å². The SMILES string of the molecule is COC(=O)c1cccnc1NCCOc1cccc(N)c1. The van der Waals surface area contributed by atoms with E-state index in [1.54, 1.807) is 30.5 Å². The van der Waals surface area contributed by atoms with Crippen molar-refractivity contribution in [3.8, 4) is 5.75 Å². The van der Waals surface area contributed by atoms with Crippen LogP contribution < -0.4 is 15.8 Å². The zero-order valence-corrected chi connectivity index (χ0v) is 11.7. The van der Waals surface area contributed by atoms with Crippen LogP contribution in [0.2, 0.25) is 0 Å². The highest BCUT2D eigenvalue weighted by Gasteiger charge is 2.11. The van der Waals surface area contributed by atoms with Gasteiger partial charge in [-0.25, -0.2) is 9.78 Å². The number of benzene rings is 1. The molecule has 0 atom stereocenters. The number of hydrogen-bond acceptors (Lipinski definition) is 6. The van der Waals surface area contributed by atoms with Crippen LogP contribution >= 0.6 is 0 Å². The highest BCUT2D eigenvalue weighted by Crippen LogP contribution is 2.15. The van der Waals surface area contributed by atoms with E-state index in [0.29, 0.717) is 36.0 Å². The third-order valence-electron chi connectivity index (χ3n) is 2.73. The molecule has 6 nitrogen and oxygen atoms in total. The first-order chi connectivity index (χ1) is 10.2. The zero-order chi connectivity index (χ0) is 15.1. The Bertz CT molecular complexity index is 617. The largest absolute Gasteiger partial charge is 0.492 e. The highest BCUT2D eigenvalue weighted by molar-refractivity contribution is 5.94. The van der Waals surface area contributed by atoms with E-state index in [2.05, 4.69) is 10.3 Å². The fourth-order valence-corrected chi connectivity index (χ4v) is 1.76. The van der Waals surface area contributed by atoms with E-state index in [-0.39, 0.29) is 0 Å². The van der Waals surface area contributed by atoms with Crippen LogP contribution in [0, 0.1) is 0 Å². The number of nitrogens with one attached hydrogen (secondary N) is 1. The Balaban J connectivity index is 1.88. The Hall–Kier alpha value is -2.76. The molecule has 0 spiro atoms. The van der Waals surface area contributed by atoms with Crippen LogP contribution in [0.5, 0.6) is 5.75 Å². The normalized spacial score (nSPS) is 9.95. The van der Waals surface area contributed by atoms with E-state index in [4.69, 9.17) is 15.2 Å². The van der Waals surface area contributed by atoms with Gasteiger partial charge in [0.25, 0.3) is 0 Å². The molecular weight excluding hydrogens is 270 g/mol. The zero-order valence-electron chi connectivity index (χ0n) is 11.7. The van der Waals surface area contributed by atoms with Crippen molar-refractivity contribution in [3.05, 3.63) is 48.2 Å². The standard InChI is InChI=1S/C15H17N3O3/c1-20-15(19)13-6-3-7-17-14(13)18-8-9-21-12-5-2-4-11(16)10-12/h2-7,10H,8-9,16H2,1H3,(H,17,18). The minimum absolute atomic E-state index is 0.393. The first kappa shape index (κ1) is 14.6. The smallest absolute Gasteiger partial charge is 0.341 e. The second-order valence-corrected chi connectivity index (χ2v) is 4.24. The van der Waals surface area contributed by atoms with Crippen LogP contribution in [0.3, 0.4) is 0 Å². The number of carbonyl (C=O) groups excluding carboxylic acids is 1. The molecule has 0 unspecified atom stereocenters. The van der Waals surface area contributed by atoms with E-state index in [0.717, 1.165) is 0 Å². The Morgan fingerprint density at radius 1 is 1.33 bits per heavy atom. The molecule has 3 N–H and O–H groups in total. The summed E-state index contributed by atoms with van der Waals surface area (Å²) in [4.78, 5) is 15.7. The number of methoxy groups -OCH3 is 1. The molecule has 1 aromatic carbocycles. The summed E-state index contributed by atoms with van der Waals surface area (Å²) >= 11 is 0. The number of carbonyl (C=O) groups is 1. The van der Waals surface area contributed by atoms with Crippen molar-refractivity contribution in [1.82, 2.24) is 4.98 Å². The Morgan fingerprint density at radius 3 is 2.95 bits per heavy atom. The number of aromatic nitrogens is 1. The van der Waals surface area contributed by atoms with Gasteiger partial charge >= 0.3 is 5.97 Å². The number of nitrogen functional groups attached to an aromatic ring is 1. The number of nitrogens with zero attached hydrogens (tertiary/aromatic N) is 1. The second-order valence-electron chi connectivity index (χ2n) is 4.24. The molecule has 21 heavy (non-hydrogen) atoms. The minimum atomic E-state index is -0.428. The quantitative estimate of drug-likeness (QED) is 0.480. The molecule has 0 radical (unpaired) electrons. The molecule has 6 heteroatoms. The summed E-state index contributed by atoms with van der Waals surface area (Å²) in [6.07, 6.45) is 1.60. The summed E-state index contributed by atoms with van der Waals surface area (Å²) in [6, 6.07) is 10.5. The first-order valence-corrected chi connectivity index (χ1v) is 6.46. The molecule has 0 fully saturated rings.